The van der Waals surface area contributed by atoms with E-state index < -0.39 is 0 Å². The third-order valence-electron chi connectivity index (χ3n) is 5.98. The van der Waals surface area contributed by atoms with E-state index in [1.807, 2.05) is 56.3 Å². The Hall–Kier alpha value is -2.08. The molecule has 5 nitrogen and oxygen atoms in total. The minimum atomic E-state index is -0.277. The molecule has 1 aliphatic heterocycles. The van der Waals surface area contributed by atoms with Crippen molar-refractivity contribution < 1.29 is 14.6 Å². The van der Waals surface area contributed by atoms with E-state index in [9.17, 15) is 9.90 Å². The van der Waals surface area contributed by atoms with Crippen molar-refractivity contribution >= 4 is 17.5 Å². The predicted molar refractivity (Wildman–Crippen MR) is 125 cm³/mol. The van der Waals surface area contributed by atoms with Gasteiger partial charge in [0.15, 0.2) is 0 Å². The van der Waals surface area contributed by atoms with Crippen LogP contribution in [-0.2, 0) is 11.3 Å². The van der Waals surface area contributed by atoms with Crippen molar-refractivity contribution in [3.63, 3.8) is 0 Å². The second-order valence-corrected chi connectivity index (χ2v) is 9.02. The van der Waals surface area contributed by atoms with Crippen LogP contribution < -0.4 is 10.1 Å². The molecule has 31 heavy (non-hydrogen) atoms. The first-order valence-corrected chi connectivity index (χ1v) is 11.3. The van der Waals surface area contributed by atoms with Crippen molar-refractivity contribution in [1.82, 2.24) is 10.2 Å². The van der Waals surface area contributed by atoms with E-state index >= 15 is 0 Å². The first-order chi connectivity index (χ1) is 14.9. The van der Waals surface area contributed by atoms with Gasteiger partial charge in [-0.1, -0.05) is 41.9 Å². The van der Waals surface area contributed by atoms with E-state index in [0.717, 1.165) is 53.4 Å². The number of benzene rings is 2. The number of aryl methyl sites for hydroxylation is 2. The average molecular weight is 445 g/mol. The average Bonchev–Trinajstić information content (AvgIpc) is 2.77. The number of carbonyl (C=O) groups is 1. The summed E-state index contributed by atoms with van der Waals surface area (Å²) in [6.07, 6.45) is 2.32. The zero-order valence-electron chi connectivity index (χ0n) is 18.5. The molecule has 1 atom stereocenters. The van der Waals surface area contributed by atoms with Gasteiger partial charge in [0, 0.05) is 36.5 Å². The molecule has 2 aromatic rings. The van der Waals surface area contributed by atoms with Crippen molar-refractivity contribution in [2.24, 2.45) is 5.41 Å². The van der Waals surface area contributed by atoms with Gasteiger partial charge in [0.2, 0.25) is 5.91 Å². The lowest BCUT2D eigenvalue weighted by atomic mass is 9.78. The predicted octanol–water partition coefficient (Wildman–Crippen LogP) is 4.12. The first kappa shape index (κ1) is 23.6. The number of aliphatic hydroxyl groups is 1. The number of hydrogen-bond donors (Lipinski definition) is 2. The van der Waals surface area contributed by atoms with E-state index in [2.05, 4.69) is 5.32 Å². The molecule has 1 fully saturated rings. The highest BCUT2D eigenvalue weighted by Crippen LogP contribution is 2.33. The van der Waals surface area contributed by atoms with Gasteiger partial charge < -0.3 is 20.1 Å². The summed E-state index contributed by atoms with van der Waals surface area (Å²) in [6, 6.07) is 13.8. The number of nitrogens with one attached hydrogen (secondary N) is 1. The maximum Gasteiger partial charge on any atom is 0.223 e. The molecular formula is C25H33ClN2O3. The lowest BCUT2D eigenvalue weighted by molar-refractivity contribution is -0.136. The Kier molecular flexibility index (Phi) is 8.35. The summed E-state index contributed by atoms with van der Waals surface area (Å²) in [5.74, 6) is 0.835. The van der Waals surface area contributed by atoms with Gasteiger partial charge >= 0.3 is 0 Å². The fraction of sp³-hybridized carbons (Fsp3) is 0.480. The summed E-state index contributed by atoms with van der Waals surface area (Å²) in [5.41, 5.74) is 2.76. The zero-order valence-corrected chi connectivity index (χ0v) is 19.3. The fourth-order valence-electron chi connectivity index (χ4n) is 4.23. The largest absolute Gasteiger partial charge is 0.493 e. The van der Waals surface area contributed by atoms with E-state index in [4.69, 9.17) is 16.3 Å². The molecule has 6 heteroatoms. The summed E-state index contributed by atoms with van der Waals surface area (Å²) in [6.45, 7) is 6.88. The van der Waals surface area contributed by atoms with Crippen molar-refractivity contribution in [2.45, 2.75) is 39.7 Å². The summed E-state index contributed by atoms with van der Waals surface area (Å²) in [7, 11) is 0. The Morgan fingerprint density at radius 2 is 1.94 bits per heavy atom. The van der Waals surface area contributed by atoms with Gasteiger partial charge in [0.25, 0.3) is 0 Å². The second-order valence-electron chi connectivity index (χ2n) is 8.64. The normalized spacial score (nSPS) is 18.6. The van der Waals surface area contributed by atoms with Gasteiger partial charge in [-0.2, -0.15) is 0 Å². The van der Waals surface area contributed by atoms with Crippen LogP contribution in [-0.4, -0.2) is 48.8 Å². The molecule has 3 rings (SSSR count). The Morgan fingerprint density at radius 3 is 2.55 bits per heavy atom. The molecule has 1 aliphatic rings. The van der Waals surface area contributed by atoms with Crippen LogP contribution in [0, 0.1) is 19.3 Å². The van der Waals surface area contributed by atoms with E-state index in [0.29, 0.717) is 26.1 Å². The summed E-state index contributed by atoms with van der Waals surface area (Å²) in [5, 5.41) is 13.7. The molecular weight excluding hydrogens is 412 g/mol. The van der Waals surface area contributed by atoms with Crippen molar-refractivity contribution in [3.8, 4) is 5.75 Å². The number of piperidine rings is 1. The number of halogens is 1. The zero-order chi connectivity index (χ0) is 22.3. The Labute approximate surface area is 190 Å². The molecule has 0 spiro atoms. The van der Waals surface area contributed by atoms with E-state index in [1.165, 1.54) is 0 Å². The van der Waals surface area contributed by atoms with Crippen LogP contribution in [0.15, 0.2) is 42.5 Å². The molecule has 0 unspecified atom stereocenters. The minimum absolute atomic E-state index is 0.0497. The fourth-order valence-corrected chi connectivity index (χ4v) is 4.34. The topological polar surface area (TPSA) is 61.8 Å². The maximum absolute atomic E-state index is 13.3. The summed E-state index contributed by atoms with van der Waals surface area (Å²) >= 11 is 6.29. The lowest BCUT2D eigenvalue weighted by Crippen LogP contribution is -2.47. The SMILES string of the molecule is Cc1cc(OC[C@@]2(CC(=O)N(CCO)Cc3ccccc3)CCCNC2)cc(C)c1Cl. The van der Waals surface area contributed by atoms with E-state index in [1.54, 1.807) is 4.90 Å². The number of rotatable bonds is 9. The first-order valence-electron chi connectivity index (χ1n) is 11.0. The highest BCUT2D eigenvalue weighted by Gasteiger charge is 2.37. The molecule has 2 aromatic carbocycles. The van der Waals surface area contributed by atoms with Gasteiger partial charge in [0.1, 0.15) is 5.75 Å². The van der Waals surface area contributed by atoms with Gasteiger partial charge in [0.05, 0.1) is 13.2 Å². The molecule has 1 amide bonds. The molecule has 0 aromatic heterocycles. The lowest BCUT2D eigenvalue weighted by Gasteiger charge is -2.38. The van der Waals surface area contributed by atoms with Crippen molar-refractivity contribution in [2.75, 3.05) is 32.8 Å². The van der Waals surface area contributed by atoms with Gasteiger partial charge in [-0.15, -0.1) is 0 Å². The number of carbonyl (C=O) groups excluding carboxylic acids is 1. The third-order valence-corrected chi connectivity index (χ3v) is 6.58. The van der Waals surface area contributed by atoms with Crippen LogP contribution in [0.3, 0.4) is 0 Å². The molecule has 0 saturated carbocycles. The van der Waals surface area contributed by atoms with Crippen LogP contribution in [0.2, 0.25) is 5.02 Å². The van der Waals surface area contributed by atoms with Crippen LogP contribution in [0.5, 0.6) is 5.75 Å². The molecule has 1 heterocycles. The molecule has 168 valence electrons. The highest BCUT2D eigenvalue weighted by atomic mass is 35.5. The van der Waals surface area contributed by atoms with Crippen LogP contribution in [0.1, 0.15) is 36.0 Å². The third kappa shape index (κ3) is 6.45. The number of ether oxygens (including phenoxy) is 1. The highest BCUT2D eigenvalue weighted by molar-refractivity contribution is 6.32. The Balaban J connectivity index is 1.72. The van der Waals surface area contributed by atoms with Crippen LogP contribution >= 0.6 is 11.6 Å². The smallest absolute Gasteiger partial charge is 0.223 e. The number of nitrogens with zero attached hydrogens (tertiary/aromatic N) is 1. The minimum Gasteiger partial charge on any atom is -0.493 e. The van der Waals surface area contributed by atoms with Gasteiger partial charge in [-0.05, 0) is 62.1 Å². The number of aliphatic hydroxyl groups excluding tert-OH is 1. The van der Waals surface area contributed by atoms with Gasteiger partial charge in [-0.25, -0.2) is 0 Å². The Morgan fingerprint density at radius 1 is 1.23 bits per heavy atom. The number of hydrogen-bond acceptors (Lipinski definition) is 4. The molecule has 1 saturated heterocycles. The molecule has 0 radical (unpaired) electrons. The van der Waals surface area contributed by atoms with Gasteiger partial charge in [-0.3, -0.25) is 4.79 Å². The standard InChI is InChI=1S/C25H33ClN2O3/c1-19-13-22(14-20(2)24(19)26)31-18-25(9-6-10-27-17-25)15-23(30)28(11-12-29)16-21-7-4-3-5-8-21/h3-5,7-8,13-14,27,29H,6,9-12,15-18H2,1-2H3/t25-/m1/s1. The van der Waals surface area contributed by atoms with Crippen LogP contribution in [0.25, 0.3) is 0 Å². The van der Waals surface area contributed by atoms with E-state index in [-0.39, 0.29) is 17.9 Å². The molecule has 0 aliphatic carbocycles. The summed E-state index contributed by atoms with van der Waals surface area (Å²) in [4.78, 5) is 15.0. The molecule has 2 N–H and O–H groups in total. The monoisotopic (exact) mass is 444 g/mol. The maximum atomic E-state index is 13.3. The Bertz CT molecular complexity index is 843. The van der Waals surface area contributed by atoms with Crippen LogP contribution in [0.4, 0.5) is 0 Å². The van der Waals surface area contributed by atoms with Crippen molar-refractivity contribution in [3.05, 3.63) is 64.2 Å². The van der Waals surface area contributed by atoms with Crippen molar-refractivity contribution in [1.29, 1.82) is 0 Å². The molecule has 0 bridgehead atoms. The second kappa shape index (κ2) is 11.0. The summed E-state index contributed by atoms with van der Waals surface area (Å²) < 4.78 is 6.21. The quantitative estimate of drug-likeness (QED) is 0.610. The number of amides is 1.